The van der Waals surface area contributed by atoms with Crippen molar-refractivity contribution in [2.24, 2.45) is 0 Å². The fourth-order valence-corrected chi connectivity index (χ4v) is 1.76. The van der Waals surface area contributed by atoms with Gasteiger partial charge in [0.1, 0.15) is 0 Å². The Morgan fingerprint density at radius 3 is 2.62 bits per heavy atom. The van der Waals surface area contributed by atoms with Crippen molar-refractivity contribution < 1.29 is 0 Å². The molecule has 0 fully saturated rings. The summed E-state index contributed by atoms with van der Waals surface area (Å²) < 4.78 is 0. The van der Waals surface area contributed by atoms with E-state index in [1.165, 1.54) is 0 Å². The molecule has 0 aromatic heterocycles. The normalized spacial score (nSPS) is 13.2. The van der Waals surface area contributed by atoms with Crippen molar-refractivity contribution in [2.75, 3.05) is 0 Å². The molecule has 0 amide bonds. The fraction of sp³-hybridized carbons (Fsp3) is 0.462. The van der Waals surface area contributed by atoms with Crippen LogP contribution in [-0.4, -0.2) is 11.6 Å². The molecule has 86 valence electrons. The first-order valence-corrected chi connectivity index (χ1v) is 5.70. The quantitative estimate of drug-likeness (QED) is 0.875. The third kappa shape index (κ3) is 4.65. The summed E-state index contributed by atoms with van der Waals surface area (Å²) in [6.07, 6.45) is 0.675. The molecule has 1 aromatic carbocycles. The number of nitrogens with zero attached hydrogens (tertiary/aromatic N) is 1. The first kappa shape index (κ1) is 13.0. The molecule has 0 spiro atoms. The van der Waals surface area contributed by atoms with Crippen LogP contribution in [0.4, 0.5) is 0 Å². The van der Waals surface area contributed by atoms with Crippen LogP contribution in [0.1, 0.15) is 26.3 Å². The third-order valence-electron chi connectivity index (χ3n) is 2.09. The number of nitriles is 1. The van der Waals surface area contributed by atoms with E-state index in [4.69, 9.17) is 16.9 Å². The highest BCUT2D eigenvalue weighted by Gasteiger charge is 2.16. The van der Waals surface area contributed by atoms with Crippen LogP contribution in [0.3, 0.4) is 0 Å². The van der Waals surface area contributed by atoms with Gasteiger partial charge in [-0.2, -0.15) is 5.26 Å². The molecule has 1 rings (SSSR count). The summed E-state index contributed by atoms with van der Waals surface area (Å²) in [7, 11) is 0. The molecule has 1 unspecified atom stereocenters. The molecule has 0 saturated heterocycles. The van der Waals surface area contributed by atoms with Gasteiger partial charge >= 0.3 is 0 Å². The highest BCUT2D eigenvalue weighted by molar-refractivity contribution is 6.30. The van der Waals surface area contributed by atoms with Crippen LogP contribution in [-0.2, 0) is 6.42 Å². The highest BCUT2D eigenvalue weighted by Crippen LogP contribution is 2.13. The standard InChI is InChI=1S/C13H17ClN2/c1-13(2,3)16-12(9-15)8-10-5-4-6-11(14)7-10/h4-7,12,16H,8H2,1-3H3. The molecular formula is C13H17ClN2. The Morgan fingerprint density at radius 2 is 2.12 bits per heavy atom. The van der Waals surface area contributed by atoms with Gasteiger partial charge in [0.15, 0.2) is 0 Å². The molecule has 1 atom stereocenters. The summed E-state index contributed by atoms with van der Waals surface area (Å²) in [6.45, 7) is 6.15. The zero-order valence-corrected chi connectivity index (χ0v) is 10.7. The molecule has 16 heavy (non-hydrogen) atoms. The van der Waals surface area contributed by atoms with E-state index in [0.717, 1.165) is 5.56 Å². The number of rotatable bonds is 3. The lowest BCUT2D eigenvalue weighted by Gasteiger charge is -2.24. The van der Waals surface area contributed by atoms with Crippen LogP contribution in [0.5, 0.6) is 0 Å². The van der Waals surface area contributed by atoms with E-state index in [9.17, 15) is 0 Å². The molecule has 2 nitrogen and oxygen atoms in total. The molecule has 1 N–H and O–H groups in total. The lowest BCUT2D eigenvalue weighted by molar-refractivity contribution is 0.394. The maximum Gasteiger partial charge on any atom is 0.0997 e. The molecular weight excluding hydrogens is 220 g/mol. The number of hydrogen-bond acceptors (Lipinski definition) is 2. The fourth-order valence-electron chi connectivity index (χ4n) is 1.55. The molecule has 0 radical (unpaired) electrons. The first-order chi connectivity index (χ1) is 7.40. The second-order valence-corrected chi connectivity index (χ2v) is 5.35. The second kappa shape index (κ2) is 5.34. The molecule has 0 saturated carbocycles. The average molecular weight is 237 g/mol. The van der Waals surface area contributed by atoms with Crippen LogP contribution in [0.15, 0.2) is 24.3 Å². The molecule has 1 aromatic rings. The Labute approximate surface area is 102 Å². The van der Waals surface area contributed by atoms with Gasteiger partial charge in [0.2, 0.25) is 0 Å². The smallest absolute Gasteiger partial charge is 0.0997 e. The summed E-state index contributed by atoms with van der Waals surface area (Å²) in [5.41, 5.74) is 1.02. The summed E-state index contributed by atoms with van der Waals surface area (Å²) in [5.74, 6) is 0. The van der Waals surface area contributed by atoms with Gasteiger partial charge in [-0.3, -0.25) is 5.32 Å². The first-order valence-electron chi connectivity index (χ1n) is 5.32. The summed E-state index contributed by atoms with van der Waals surface area (Å²) >= 11 is 5.90. The van der Waals surface area contributed by atoms with Gasteiger partial charge in [0, 0.05) is 17.0 Å². The number of hydrogen-bond donors (Lipinski definition) is 1. The number of halogens is 1. The maximum atomic E-state index is 9.07. The Hall–Kier alpha value is -1.04. The van der Waals surface area contributed by atoms with Crippen molar-refractivity contribution in [1.82, 2.24) is 5.32 Å². The van der Waals surface area contributed by atoms with Crippen LogP contribution in [0, 0.1) is 11.3 Å². The van der Waals surface area contributed by atoms with Crippen LogP contribution < -0.4 is 5.32 Å². The molecule has 0 aliphatic rings. The zero-order chi connectivity index (χ0) is 12.2. The Morgan fingerprint density at radius 1 is 1.44 bits per heavy atom. The van der Waals surface area contributed by atoms with Crippen molar-refractivity contribution in [3.63, 3.8) is 0 Å². The van der Waals surface area contributed by atoms with Crippen molar-refractivity contribution in [3.05, 3.63) is 34.9 Å². The maximum absolute atomic E-state index is 9.07. The van der Waals surface area contributed by atoms with Gasteiger partial charge in [0.25, 0.3) is 0 Å². The number of nitrogens with one attached hydrogen (secondary N) is 1. The minimum absolute atomic E-state index is 0.0566. The van der Waals surface area contributed by atoms with E-state index in [1.54, 1.807) is 0 Å². The summed E-state index contributed by atoms with van der Waals surface area (Å²) in [5, 5.41) is 13.1. The van der Waals surface area contributed by atoms with Crippen LogP contribution >= 0.6 is 11.6 Å². The summed E-state index contributed by atoms with van der Waals surface area (Å²) in [4.78, 5) is 0. The van der Waals surface area contributed by atoms with E-state index in [-0.39, 0.29) is 11.6 Å². The molecule has 0 heterocycles. The average Bonchev–Trinajstić information content (AvgIpc) is 2.14. The molecule has 3 heteroatoms. The SMILES string of the molecule is CC(C)(C)NC(C#N)Cc1cccc(Cl)c1. The minimum Gasteiger partial charge on any atom is -0.297 e. The van der Waals surface area contributed by atoms with Gasteiger partial charge in [-0.25, -0.2) is 0 Å². The largest absolute Gasteiger partial charge is 0.297 e. The monoisotopic (exact) mass is 236 g/mol. The Kier molecular flexibility index (Phi) is 4.35. The predicted molar refractivity (Wildman–Crippen MR) is 67.4 cm³/mol. The van der Waals surface area contributed by atoms with Crippen LogP contribution in [0.25, 0.3) is 0 Å². The molecule has 0 aliphatic carbocycles. The van der Waals surface area contributed by atoms with Gasteiger partial charge in [-0.05, 0) is 38.5 Å². The Bertz CT molecular complexity index is 388. The topological polar surface area (TPSA) is 35.8 Å². The van der Waals surface area contributed by atoms with Gasteiger partial charge in [-0.1, -0.05) is 23.7 Å². The van der Waals surface area contributed by atoms with Crippen molar-refractivity contribution in [3.8, 4) is 6.07 Å². The van der Waals surface area contributed by atoms with Gasteiger partial charge in [-0.15, -0.1) is 0 Å². The summed E-state index contributed by atoms with van der Waals surface area (Å²) in [6, 6.07) is 9.72. The lowest BCUT2D eigenvalue weighted by Crippen LogP contribution is -2.43. The zero-order valence-electron chi connectivity index (χ0n) is 9.92. The Balaban J connectivity index is 2.68. The van der Waals surface area contributed by atoms with E-state index < -0.39 is 0 Å². The second-order valence-electron chi connectivity index (χ2n) is 4.91. The molecule has 0 aliphatic heterocycles. The van der Waals surface area contributed by atoms with Gasteiger partial charge in [0.05, 0.1) is 12.1 Å². The molecule has 0 bridgehead atoms. The van der Waals surface area contributed by atoms with Gasteiger partial charge < -0.3 is 0 Å². The number of benzene rings is 1. The lowest BCUT2D eigenvalue weighted by atomic mass is 10.0. The van der Waals surface area contributed by atoms with Crippen molar-refractivity contribution in [1.29, 1.82) is 5.26 Å². The third-order valence-corrected chi connectivity index (χ3v) is 2.33. The van der Waals surface area contributed by atoms with E-state index in [1.807, 2.05) is 24.3 Å². The van der Waals surface area contributed by atoms with E-state index in [2.05, 4.69) is 32.2 Å². The van der Waals surface area contributed by atoms with Crippen LogP contribution in [0.2, 0.25) is 5.02 Å². The predicted octanol–water partition coefficient (Wildman–Crippen LogP) is 3.16. The van der Waals surface area contributed by atoms with E-state index in [0.29, 0.717) is 11.4 Å². The van der Waals surface area contributed by atoms with Crippen molar-refractivity contribution in [2.45, 2.75) is 38.8 Å². The van der Waals surface area contributed by atoms with Crippen molar-refractivity contribution >= 4 is 11.6 Å². The highest BCUT2D eigenvalue weighted by atomic mass is 35.5. The van der Waals surface area contributed by atoms with E-state index >= 15 is 0 Å². The minimum atomic E-state index is -0.182.